The first kappa shape index (κ1) is 87.4. The van der Waals surface area contributed by atoms with E-state index in [1.54, 1.807) is 0 Å². The van der Waals surface area contributed by atoms with E-state index in [1.807, 2.05) is 97.6 Å². The van der Waals surface area contributed by atoms with Crippen molar-refractivity contribution in [1.82, 2.24) is 62.3 Å². The molecule has 12 aromatic heterocycles. The second-order valence-electron chi connectivity index (χ2n) is 37.9. The fraction of sp³-hybridized carbons (Fsp3) is 0. The lowest BCUT2D eigenvalue weighted by molar-refractivity contribution is 1.08. The molecule has 0 amide bonds. The number of rotatable bonds is 15. The number of hydrogen-bond acceptors (Lipinski definition) is 7. The van der Waals surface area contributed by atoms with Crippen LogP contribution < -0.4 is 0 Å². The Labute approximate surface area is 863 Å². The first-order valence-corrected chi connectivity index (χ1v) is 50.6. The summed E-state index contributed by atoms with van der Waals surface area (Å²) < 4.78 is 13.8. The predicted octanol–water partition coefficient (Wildman–Crippen LogP) is 34.4. The zero-order valence-corrected chi connectivity index (χ0v) is 81.2. The van der Waals surface area contributed by atoms with Crippen LogP contribution in [0.3, 0.4) is 0 Å². The van der Waals surface area contributed by atoms with Crippen LogP contribution in [0.4, 0.5) is 0 Å². The molecule has 13 heteroatoms. The van der Waals surface area contributed by atoms with E-state index in [0.717, 1.165) is 212 Å². The van der Waals surface area contributed by atoms with Gasteiger partial charge in [0, 0.05) is 128 Å². The van der Waals surface area contributed by atoms with E-state index in [4.69, 9.17) is 34.9 Å². The van der Waals surface area contributed by atoms with Gasteiger partial charge in [0.05, 0.1) is 90.0 Å². The van der Waals surface area contributed by atoms with Crippen molar-refractivity contribution in [1.29, 1.82) is 0 Å². The molecule has 0 unspecified atom stereocenters. The summed E-state index contributed by atoms with van der Waals surface area (Å²) in [4.78, 5) is 35.1. The van der Waals surface area contributed by atoms with Gasteiger partial charge in [-0.3, -0.25) is 18.3 Å². The average molecular weight is 1920 g/mol. The number of hydrogen-bond donors (Lipinski definition) is 0. The summed E-state index contributed by atoms with van der Waals surface area (Å²) in [6.45, 7) is 0. The molecule has 30 aromatic rings. The van der Waals surface area contributed by atoms with Gasteiger partial charge in [0.2, 0.25) is 0 Å². The van der Waals surface area contributed by atoms with Crippen molar-refractivity contribution in [3.05, 3.63) is 540 Å². The summed E-state index contributed by atoms with van der Waals surface area (Å²) in [6, 6.07) is 182. The summed E-state index contributed by atoms with van der Waals surface area (Å²) in [6.07, 6.45) is 7.60. The third-order valence-corrected chi connectivity index (χ3v) is 29.2. The molecule has 13 nitrogen and oxygen atoms in total. The number of fused-ring (bicyclic) bond motifs is 18. The van der Waals surface area contributed by atoms with E-state index in [-0.39, 0.29) is 0 Å². The van der Waals surface area contributed by atoms with Crippen LogP contribution in [0.5, 0.6) is 0 Å². The van der Waals surface area contributed by atoms with Crippen molar-refractivity contribution in [3.8, 4) is 135 Å². The maximum absolute atomic E-state index is 5.33. The maximum Gasteiger partial charge on any atom is 0.159 e. The highest BCUT2D eigenvalue weighted by molar-refractivity contribution is 6.17. The lowest BCUT2D eigenvalue weighted by Crippen LogP contribution is -2.02. The van der Waals surface area contributed by atoms with Crippen molar-refractivity contribution in [2.75, 3.05) is 0 Å². The van der Waals surface area contributed by atoms with Gasteiger partial charge in [0.1, 0.15) is 22.8 Å². The average Bonchev–Trinajstić information content (AvgIpc) is 1.56. The molecule has 18 aromatic carbocycles. The van der Waals surface area contributed by atoms with Crippen molar-refractivity contribution in [2.24, 2.45) is 0 Å². The predicted molar refractivity (Wildman–Crippen MR) is 619 cm³/mol. The Kier molecular flexibility index (Phi) is 21.6. The van der Waals surface area contributed by atoms with Crippen LogP contribution in [0.1, 0.15) is 0 Å². The fourth-order valence-corrected chi connectivity index (χ4v) is 22.2. The second-order valence-corrected chi connectivity index (χ2v) is 37.9. The van der Waals surface area contributed by atoms with Crippen LogP contribution in [0, 0.1) is 0 Å². The van der Waals surface area contributed by atoms with Crippen molar-refractivity contribution >= 4 is 131 Å². The molecule has 0 N–H and O–H groups in total. The van der Waals surface area contributed by atoms with Crippen LogP contribution in [0.2, 0.25) is 0 Å². The van der Waals surface area contributed by atoms with Gasteiger partial charge in [-0.25, -0.2) is 34.9 Å². The van der Waals surface area contributed by atoms with Gasteiger partial charge in [-0.15, -0.1) is 0 Å². The highest BCUT2D eigenvalue weighted by Gasteiger charge is 2.26. The number of benzene rings is 18. The van der Waals surface area contributed by atoms with E-state index in [9.17, 15) is 0 Å². The molecule has 0 aliphatic carbocycles. The van der Waals surface area contributed by atoms with Crippen LogP contribution in [0.25, 0.3) is 266 Å². The quantitative estimate of drug-likeness (QED) is 0.100. The van der Waals surface area contributed by atoms with Crippen molar-refractivity contribution in [3.63, 3.8) is 0 Å². The van der Waals surface area contributed by atoms with Gasteiger partial charge in [0.25, 0.3) is 0 Å². The second kappa shape index (κ2) is 37.1. The molecule has 30 rings (SSSR count). The summed E-state index contributed by atoms with van der Waals surface area (Å²) in [5.41, 5.74) is 36.6. The van der Waals surface area contributed by atoms with Crippen LogP contribution >= 0.6 is 0 Å². The van der Waals surface area contributed by atoms with Gasteiger partial charge in [0.15, 0.2) is 5.82 Å². The summed E-state index contributed by atoms with van der Waals surface area (Å²) in [5, 5.41) is 14.2. The normalized spacial score (nSPS) is 11.6. The number of aromatic nitrogens is 13. The molecule has 12 heterocycles. The highest BCUT2D eigenvalue weighted by atomic mass is 15.1. The Morgan fingerprint density at radius 3 is 0.853 bits per heavy atom. The number of pyridine rings is 5. The third-order valence-electron chi connectivity index (χ3n) is 29.2. The molecule has 0 radical (unpaired) electrons. The summed E-state index contributed by atoms with van der Waals surface area (Å²) in [7, 11) is 0. The van der Waals surface area contributed by atoms with Gasteiger partial charge < -0.3 is 9.13 Å². The molecular weight excluding hydrogens is 1830 g/mol. The van der Waals surface area contributed by atoms with E-state index >= 15 is 0 Å². The molecule has 0 aliphatic heterocycles. The first-order valence-electron chi connectivity index (χ1n) is 50.6. The van der Waals surface area contributed by atoms with Crippen LogP contribution in [-0.2, 0) is 0 Å². The monoisotopic (exact) mass is 1920 g/mol. The Bertz CT molecular complexity index is 9930. The van der Waals surface area contributed by atoms with Gasteiger partial charge in [-0.05, 0) is 214 Å². The molecule has 0 atom stereocenters. The molecule has 150 heavy (non-hydrogen) atoms. The Hall–Kier alpha value is -20.4. The minimum absolute atomic E-state index is 0.701. The van der Waals surface area contributed by atoms with Gasteiger partial charge >= 0.3 is 0 Å². The molecule has 0 fully saturated rings. The molecule has 0 saturated heterocycles. The zero-order chi connectivity index (χ0) is 99.1. The van der Waals surface area contributed by atoms with E-state index in [0.29, 0.717) is 5.82 Å². The fourth-order valence-electron chi connectivity index (χ4n) is 22.2. The number of nitrogens with zero attached hydrogens (tertiary/aromatic N) is 13. The number of para-hydroxylation sites is 6. The summed E-state index contributed by atoms with van der Waals surface area (Å²) >= 11 is 0. The van der Waals surface area contributed by atoms with E-state index in [1.165, 1.54) is 48.5 Å². The smallest absolute Gasteiger partial charge is 0.159 e. The lowest BCUT2D eigenvalue weighted by atomic mass is 10.0. The van der Waals surface area contributed by atoms with Crippen molar-refractivity contribution < 1.29 is 0 Å². The SMILES string of the molecule is c1ccc(-c2cc(-c3ccccc3)nc(-n3c4ccccc4c4ccc(-c5ccc6c(c5)c5cccnc5n6-c5ccccc5)cc43)c2)cc1.c1ccc(-c2cc(-n3c4ccccc4c4ccc(-c5ccc6c(c5)c5cccnc5n6-c5ccccc5)cc43)cc(-c3ccccc3)n2)cc1.c1ccc(-c2ncc(-n3c4ccccc4c4ccc(-c5ccc6c(c5)c5cccnc5n6-c5ccccc5)cc43)c(-c3ccccc3)n2)cc1. The van der Waals surface area contributed by atoms with Crippen molar-refractivity contribution in [2.45, 2.75) is 0 Å². The van der Waals surface area contributed by atoms with Gasteiger partial charge in [-0.1, -0.05) is 346 Å². The van der Waals surface area contributed by atoms with E-state index < -0.39 is 0 Å². The Morgan fingerprint density at radius 1 is 0.147 bits per heavy atom. The first-order chi connectivity index (χ1) is 74.4. The molecule has 0 saturated carbocycles. The van der Waals surface area contributed by atoms with Crippen LogP contribution in [-0.4, -0.2) is 62.3 Å². The largest absolute Gasteiger partial charge is 0.309 e. The van der Waals surface area contributed by atoms with Gasteiger partial charge in [-0.2, -0.15) is 0 Å². The topological polar surface area (TPSA) is 120 Å². The lowest BCUT2D eigenvalue weighted by Gasteiger charge is -2.15. The molecule has 0 spiro atoms. The highest BCUT2D eigenvalue weighted by Crippen LogP contribution is 2.46. The van der Waals surface area contributed by atoms with Crippen LogP contribution in [0.15, 0.2) is 540 Å². The molecule has 0 aliphatic rings. The Balaban J connectivity index is 0.000000108. The molecular formula is C137H89N13. The minimum Gasteiger partial charge on any atom is -0.309 e. The third kappa shape index (κ3) is 15.4. The Morgan fingerprint density at radius 2 is 0.447 bits per heavy atom. The molecule has 0 bridgehead atoms. The minimum atomic E-state index is 0.701. The van der Waals surface area contributed by atoms with E-state index in [2.05, 4.69) is 470 Å². The molecule has 702 valence electrons. The standard InChI is InChI=1S/2C46H30N4.C45H29N5/c1-4-13-31(14-5-1)35-28-41(32-15-6-2-7-16-32)48-45(30-35)50-42-21-11-10-19-37(42)38-24-22-34(29-44(38)50)33-23-25-43-40(27-33)39-20-12-26-47-46(39)49(43)36-17-8-3-9-18-36;1-4-13-31(14-5-1)41-29-36(30-42(48-41)32-15-6-2-7-16-32)49-43-21-11-10-19-37(43)38-24-22-34(28-45(38)49)33-23-25-44-40(27-33)39-20-12-26-47-46(39)50(44)35-17-8-3-9-18-35;1-4-13-30(14-5-1)43-42(29-47-44(48-43)31-15-6-2-7-16-31)50-39-21-11-10-19-35(39)36-24-22-33(28-41(36)50)32-23-25-40-38(27-32)37-20-12-26-46-45(37)49(40)34-17-8-3-9-18-34/h2*1-30H;1-29H. The maximum atomic E-state index is 5.33. The zero-order valence-electron chi connectivity index (χ0n) is 81.2. The summed E-state index contributed by atoms with van der Waals surface area (Å²) in [5.74, 6) is 1.59.